The van der Waals surface area contributed by atoms with Gasteiger partial charge in [-0.1, -0.05) is 39.0 Å². The lowest BCUT2D eigenvalue weighted by molar-refractivity contribution is 0.0611. The van der Waals surface area contributed by atoms with Crippen LogP contribution < -0.4 is 4.31 Å². The number of rotatable bonds is 6. The third-order valence-corrected chi connectivity index (χ3v) is 8.01. The van der Waals surface area contributed by atoms with Crippen LogP contribution >= 0.6 is 0 Å². The van der Waals surface area contributed by atoms with E-state index >= 15 is 0 Å². The predicted molar refractivity (Wildman–Crippen MR) is 129 cm³/mol. The Morgan fingerprint density at radius 1 is 1.09 bits per heavy atom. The fraction of sp³-hybridized carbons (Fsp3) is 0.480. The second kappa shape index (κ2) is 8.87. The highest BCUT2D eigenvalue weighted by Crippen LogP contribution is 2.32. The summed E-state index contributed by atoms with van der Waals surface area (Å²) in [6.07, 6.45) is 2.11. The van der Waals surface area contributed by atoms with E-state index in [0.29, 0.717) is 23.0 Å². The molecule has 2 heterocycles. The van der Waals surface area contributed by atoms with Crippen molar-refractivity contribution < 1.29 is 13.2 Å². The first kappa shape index (κ1) is 22.8. The lowest BCUT2D eigenvalue weighted by atomic mass is 9.94. The fourth-order valence-electron chi connectivity index (χ4n) is 4.43. The molecular weight excluding hydrogens is 422 g/mol. The Morgan fingerprint density at radius 3 is 2.41 bits per heavy atom. The zero-order valence-electron chi connectivity index (χ0n) is 19.4. The summed E-state index contributed by atoms with van der Waals surface area (Å²) in [6.45, 7) is 11.3. The van der Waals surface area contributed by atoms with Crippen molar-refractivity contribution in [1.82, 2.24) is 9.55 Å². The van der Waals surface area contributed by atoms with Gasteiger partial charge in [0.25, 0.3) is 10.0 Å². The minimum Gasteiger partial charge on any atom is -0.381 e. The molecule has 3 aromatic rings. The van der Waals surface area contributed by atoms with Gasteiger partial charge in [0, 0.05) is 31.7 Å². The molecule has 32 heavy (non-hydrogen) atoms. The Labute approximate surface area is 191 Å². The zero-order chi connectivity index (χ0) is 22.9. The summed E-state index contributed by atoms with van der Waals surface area (Å²) in [5.74, 6) is 1.60. The second-order valence-electron chi connectivity index (χ2n) is 9.51. The van der Waals surface area contributed by atoms with E-state index in [4.69, 9.17) is 9.72 Å². The Balaban J connectivity index is 1.77. The van der Waals surface area contributed by atoms with Gasteiger partial charge in [0.05, 0.1) is 21.6 Å². The summed E-state index contributed by atoms with van der Waals surface area (Å²) in [7, 11) is -3.64. The number of anilines is 1. The fourth-order valence-corrected chi connectivity index (χ4v) is 5.92. The monoisotopic (exact) mass is 455 g/mol. The number of imidazole rings is 1. The molecule has 0 N–H and O–H groups in total. The van der Waals surface area contributed by atoms with E-state index in [9.17, 15) is 8.42 Å². The van der Waals surface area contributed by atoms with Crippen LogP contribution in [0.2, 0.25) is 0 Å². The molecule has 7 heteroatoms. The summed E-state index contributed by atoms with van der Waals surface area (Å²) in [5.41, 5.74) is 2.41. The maximum atomic E-state index is 13.3. The molecule has 4 rings (SSSR count). The van der Waals surface area contributed by atoms with Gasteiger partial charge in [0.1, 0.15) is 5.82 Å². The molecule has 0 radical (unpaired) electrons. The standard InChI is InChI=1S/C25H33N3O3S/c1-5-28(32(29,30)21-9-7-6-8-10-21)20-11-12-23-22(17-20)26-24(25(2,3)4)27(23)18-19-13-15-31-16-14-19/h6-12,17,19H,5,13-16,18H2,1-4H3. The van der Waals surface area contributed by atoms with E-state index in [-0.39, 0.29) is 5.41 Å². The lowest BCUT2D eigenvalue weighted by Gasteiger charge is -2.26. The maximum Gasteiger partial charge on any atom is 0.264 e. The molecule has 1 aromatic heterocycles. The zero-order valence-corrected chi connectivity index (χ0v) is 20.2. The van der Waals surface area contributed by atoms with Crippen molar-refractivity contribution in [3.63, 3.8) is 0 Å². The molecule has 0 spiro atoms. The molecule has 0 atom stereocenters. The van der Waals surface area contributed by atoms with Crippen molar-refractivity contribution >= 4 is 26.7 Å². The number of benzene rings is 2. The van der Waals surface area contributed by atoms with Crippen LogP contribution in [0.5, 0.6) is 0 Å². The first-order valence-corrected chi connectivity index (χ1v) is 12.8. The molecule has 0 amide bonds. The number of aromatic nitrogens is 2. The van der Waals surface area contributed by atoms with Crippen LogP contribution in [-0.4, -0.2) is 37.7 Å². The number of fused-ring (bicyclic) bond motifs is 1. The number of ether oxygens (including phenoxy) is 1. The van der Waals surface area contributed by atoms with Crippen LogP contribution in [-0.2, 0) is 26.7 Å². The summed E-state index contributed by atoms with van der Waals surface area (Å²) in [5, 5.41) is 0. The van der Waals surface area contributed by atoms with E-state index in [0.717, 1.165) is 49.5 Å². The van der Waals surface area contributed by atoms with E-state index in [1.165, 1.54) is 4.31 Å². The quantitative estimate of drug-likeness (QED) is 0.526. The second-order valence-corrected chi connectivity index (χ2v) is 11.4. The first-order chi connectivity index (χ1) is 15.2. The minimum absolute atomic E-state index is 0.120. The molecule has 0 bridgehead atoms. The van der Waals surface area contributed by atoms with Crippen molar-refractivity contribution in [2.45, 2.75) is 57.4 Å². The molecule has 1 aliphatic rings. The van der Waals surface area contributed by atoms with Crippen LogP contribution in [0.15, 0.2) is 53.4 Å². The van der Waals surface area contributed by atoms with Gasteiger partial charge in [0.15, 0.2) is 0 Å². The van der Waals surface area contributed by atoms with Gasteiger partial charge in [-0.25, -0.2) is 13.4 Å². The highest BCUT2D eigenvalue weighted by Gasteiger charge is 2.27. The molecule has 1 fully saturated rings. The van der Waals surface area contributed by atoms with Crippen molar-refractivity contribution in [2.75, 3.05) is 24.1 Å². The smallest absolute Gasteiger partial charge is 0.264 e. The van der Waals surface area contributed by atoms with Crippen LogP contribution in [0.1, 0.15) is 46.4 Å². The largest absolute Gasteiger partial charge is 0.381 e. The van der Waals surface area contributed by atoms with Crippen molar-refractivity contribution in [1.29, 1.82) is 0 Å². The number of sulfonamides is 1. The molecule has 0 aliphatic carbocycles. The third-order valence-electron chi connectivity index (χ3n) is 6.09. The van der Waals surface area contributed by atoms with Crippen molar-refractivity contribution in [2.24, 2.45) is 5.92 Å². The minimum atomic E-state index is -3.64. The Kier molecular flexibility index (Phi) is 6.32. The number of hydrogen-bond donors (Lipinski definition) is 0. The average Bonchev–Trinajstić information content (AvgIpc) is 3.14. The highest BCUT2D eigenvalue weighted by atomic mass is 32.2. The molecule has 0 unspecified atom stereocenters. The van der Waals surface area contributed by atoms with Gasteiger partial charge in [-0.05, 0) is 56.0 Å². The summed E-state index contributed by atoms with van der Waals surface area (Å²) < 4.78 is 35.9. The molecule has 2 aromatic carbocycles. The van der Waals surface area contributed by atoms with Crippen molar-refractivity contribution in [3.05, 3.63) is 54.4 Å². The van der Waals surface area contributed by atoms with Crippen molar-refractivity contribution in [3.8, 4) is 0 Å². The highest BCUT2D eigenvalue weighted by molar-refractivity contribution is 7.92. The molecule has 6 nitrogen and oxygen atoms in total. The van der Waals surface area contributed by atoms with Gasteiger partial charge in [-0.3, -0.25) is 4.31 Å². The average molecular weight is 456 g/mol. The van der Waals surface area contributed by atoms with Crippen LogP contribution in [0.3, 0.4) is 0 Å². The van der Waals surface area contributed by atoms with Gasteiger partial charge in [-0.15, -0.1) is 0 Å². The van der Waals surface area contributed by atoms with E-state index in [1.807, 2.05) is 31.2 Å². The van der Waals surface area contributed by atoms with Gasteiger partial charge in [-0.2, -0.15) is 0 Å². The summed E-state index contributed by atoms with van der Waals surface area (Å²) in [6, 6.07) is 14.4. The van der Waals surface area contributed by atoms with Crippen LogP contribution in [0.25, 0.3) is 11.0 Å². The van der Waals surface area contributed by atoms with Gasteiger partial charge >= 0.3 is 0 Å². The Hall–Kier alpha value is -2.38. The van der Waals surface area contributed by atoms with Gasteiger partial charge in [0.2, 0.25) is 0 Å². The molecule has 0 saturated carbocycles. The number of hydrogen-bond acceptors (Lipinski definition) is 4. The van der Waals surface area contributed by atoms with E-state index in [1.54, 1.807) is 24.3 Å². The first-order valence-electron chi connectivity index (χ1n) is 11.4. The Morgan fingerprint density at radius 2 is 1.78 bits per heavy atom. The topological polar surface area (TPSA) is 64.4 Å². The number of nitrogens with zero attached hydrogens (tertiary/aromatic N) is 3. The van der Waals surface area contributed by atoms with E-state index < -0.39 is 10.0 Å². The SMILES string of the molecule is CCN(c1ccc2c(c1)nc(C(C)(C)C)n2CC1CCOCC1)S(=O)(=O)c1ccccc1. The molecule has 1 aliphatic heterocycles. The van der Waals surface area contributed by atoms with E-state index in [2.05, 4.69) is 25.3 Å². The molecule has 172 valence electrons. The Bertz CT molecular complexity index is 1170. The maximum absolute atomic E-state index is 13.3. The summed E-state index contributed by atoms with van der Waals surface area (Å²) >= 11 is 0. The predicted octanol–water partition coefficient (Wildman–Crippen LogP) is 4.98. The van der Waals surface area contributed by atoms with Gasteiger partial charge < -0.3 is 9.30 Å². The third kappa shape index (κ3) is 4.41. The molecular formula is C25H33N3O3S. The lowest BCUT2D eigenvalue weighted by Crippen LogP contribution is -2.30. The molecule has 1 saturated heterocycles. The van der Waals surface area contributed by atoms with Crippen LogP contribution in [0, 0.1) is 5.92 Å². The van der Waals surface area contributed by atoms with Crippen LogP contribution in [0.4, 0.5) is 5.69 Å². The summed E-state index contributed by atoms with van der Waals surface area (Å²) in [4.78, 5) is 5.29. The normalized spacial score (nSPS) is 15.9.